The smallest absolute Gasteiger partial charge is 0.296 e. The van der Waals surface area contributed by atoms with E-state index >= 15 is 0 Å². The number of morpholine rings is 1. The molecule has 2 aliphatic rings. The molecule has 1 aromatic carbocycles. The first kappa shape index (κ1) is 29.2. The molecule has 0 amide bonds. The van der Waals surface area contributed by atoms with E-state index in [2.05, 4.69) is 33.9 Å². The Hall–Kier alpha value is -3.31. The summed E-state index contributed by atoms with van der Waals surface area (Å²) >= 11 is 0. The van der Waals surface area contributed by atoms with Gasteiger partial charge in [-0.3, -0.25) is 9.47 Å². The van der Waals surface area contributed by atoms with Gasteiger partial charge in [-0.05, 0) is 69.7 Å². The van der Waals surface area contributed by atoms with Crippen LogP contribution in [0.25, 0.3) is 16.9 Å². The number of alkyl halides is 2. The summed E-state index contributed by atoms with van der Waals surface area (Å²) in [6.07, 6.45) is 2.78. The molecule has 11 heteroatoms. The summed E-state index contributed by atoms with van der Waals surface area (Å²) in [5.74, 6) is 1.61. The number of aromatic nitrogens is 4. The average Bonchev–Trinajstić information content (AvgIpc) is 3.41. The van der Waals surface area contributed by atoms with E-state index in [0.29, 0.717) is 73.4 Å². The lowest BCUT2D eigenvalue weighted by Gasteiger charge is -2.40. The second-order valence-corrected chi connectivity index (χ2v) is 11.0. The summed E-state index contributed by atoms with van der Waals surface area (Å²) in [7, 11) is 0. The third kappa shape index (κ3) is 6.46. The molecular weight excluding hydrogens is 528 g/mol. The standard InChI is InChI=1S/C30H41F2N7O2/c1-4-38(21(3)20(2)19-40)23-11-9-22(10-12-23)18-33-30-35-26(37-13-15-41-16-14-37)17-27(36-30)39-25-8-6-5-7-24(25)34-29(39)28(31)32/h5-8,17,19,21-23,28,40H,4,9-16,18H2,1-3H3,(H,33,35,36)/b20-19+. The Bertz CT molecular complexity index is 1330. The first-order chi connectivity index (χ1) is 19.9. The second kappa shape index (κ2) is 13.1. The number of nitrogens with one attached hydrogen (secondary N) is 1. The molecule has 0 spiro atoms. The maximum atomic E-state index is 14.1. The van der Waals surface area contributed by atoms with Crippen molar-refractivity contribution < 1.29 is 18.6 Å². The summed E-state index contributed by atoms with van der Waals surface area (Å²) in [4.78, 5) is 18.3. The zero-order chi connectivity index (χ0) is 28.9. The van der Waals surface area contributed by atoms with Gasteiger partial charge >= 0.3 is 0 Å². The lowest BCUT2D eigenvalue weighted by Crippen LogP contribution is -2.44. The molecule has 1 aliphatic heterocycles. The van der Waals surface area contributed by atoms with Gasteiger partial charge in [0.1, 0.15) is 11.6 Å². The fraction of sp³-hybridized carbons (Fsp3) is 0.567. The van der Waals surface area contributed by atoms with Crippen molar-refractivity contribution in [3.8, 4) is 5.82 Å². The van der Waals surface area contributed by atoms with E-state index in [1.807, 2.05) is 13.0 Å². The van der Waals surface area contributed by atoms with E-state index in [9.17, 15) is 13.9 Å². The van der Waals surface area contributed by atoms with Crippen molar-refractivity contribution >= 4 is 22.8 Å². The summed E-state index contributed by atoms with van der Waals surface area (Å²) in [5.41, 5.74) is 2.06. The quantitative estimate of drug-likeness (QED) is 0.299. The lowest BCUT2D eigenvalue weighted by atomic mass is 9.84. The molecule has 0 bridgehead atoms. The maximum absolute atomic E-state index is 14.1. The zero-order valence-electron chi connectivity index (χ0n) is 24.1. The predicted octanol–water partition coefficient (Wildman–Crippen LogP) is 5.73. The number of benzene rings is 1. The van der Waals surface area contributed by atoms with Crippen LogP contribution in [0.5, 0.6) is 0 Å². The van der Waals surface area contributed by atoms with Crippen LogP contribution < -0.4 is 10.2 Å². The molecule has 41 heavy (non-hydrogen) atoms. The van der Waals surface area contributed by atoms with Crippen molar-refractivity contribution in [2.45, 2.75) is 65.0 Å². The summed E-state index contributed by atoms with van der Waals surface area (Å²) in [6, 6.07) is 9.59. The van der Waals surface area contributed by atoms with Crippen LogP contribution >= 0.6 is 0 Å². The van der Waals surface area contributed by atoms with Gasteiger partial charge in [-0.15, -0.1) is 0 Å². The lowest BCUT2D eigenvalue weighted by molar-refractivity contribution is 0.119. The molecule has 3 heterocycles. The van der Waals surface area contributed by atoms with Crippen LogP contribution in [0.3, 0.4) is 0 Å². The van der Waals surface area contributed by atoms with Crippen LogP contribution in [0.1, 0.15) is 58.7 Å². The fourth-order valence-corrected chi connectivity index (χ4v) is 6.14. The Labute approximate surface area is 240 Å². The maximum Gasteiger partial charge on any atom is 0.296 e. The van der Waals surface area contributed by atoms with Crippen LogP contribution in [0, 0.1) is 5.92 Å². The van der Waals surface area contributed by atoms with Gasteiger partial charge in [0.2, 0.25) is 5.95 Å². The molecule has 1 atom stereocenters. The molecule has 3 aromatic rings. The van der Waals surface area contributed by atoms with Gasteiger partial charge in [0.25, 0.3) is 6.43 Å². The number of imidazole rings is 1. The number of fused-ring (bicyclic) bond motifs is 1. The van der Waals surface area contributed by atoms with Crippen LogP contribution in [-0.4, -0.2) is 81.0 Å². The topological polar surface area (TPSA) is 91.6 Å². The molecule has 1 saturated heterocycles. The van der Waals surface area contributed by atoms with Gasteiger partial charge in [0.15, 0.2) is 5.82 Å². The molecule has 0 radical (unpaired) electrons. The molecule has 5 rings (SSSR count). The van der Waals surface area contributed by atoms with Gasteiger partial charge < -0.3 is 20.1 Å². The Morgan fingerprint density at radius 3 is 2.51 bits per heavy atom. The minimum absolute atomic E-state index is 0.205. The molecule has 9 nitrogen and oxygen atoms in total. The van der Waals surface area contributed by atoms with Crippen LogP contribution in [-0.2, 0) is 4.74 Å². The SMILES string of the molecule is CCN(C1CCC(CNc2nc(N3CCOCC3)cc(-n3c(C(F)F)nc4ccccc43)n2)CC1)C(C)/C(C)=C/O. The highest BCUT2D eigenvalue weighted by Gasteiger charge is 2.29. The normalized spacial score (nSPS) is 21.1. The molecule has 2 fully saturated rings. The van der Waals surface area contributed by atoms with E-state index in [4.69, 9.17) is 14.7 Å². The number of nitrogens with zero attached hydrogens (tertiary/aromatic N) is 6. The second-order valence-electron chi connectivity index (χ2n) is 11.0. The van der Waals surface area contributed by atoms with Crippen molar-refractivity contribution in [1.29, 1.82) is 0 Å². The van der Waals surface area contributed by atoms with E-state index < -0.39 is 6.43 Å². The van der Waals surface area contributed by atoms with Gasteiger partial charge in [-0.1, -0.05) is 19.1 Å². The van der Waals surface area contributed by atoms with Crippen molar-refractivity contribution in [2.24, 2.45) is 5.92 Å². The van der Waals surface area contributed by atoms with Gasteiger partial charge in [0.05, 0.1) is 30.5 Å². The summed E-state index contributed by atoms with van der Waals surface area (Å²) in [6.45, 7) is 10.5. The van der Waals surface area contributed by atoms with Crippen molar-refractivity contribution in [3.05, 3.63) is 48.0 Å². The van der Waals surface area contributed by atoms with E-state index in [0.717, 1.165) is 37.8 Å². The highest BCUT2D eigenvalue weighted by Crippen LogP contribution is 2.32. The number of anilines is 2. The van der Waals surface area contributed by atoms with Crippen molar-refractivity contribution in [2.75, 3.05) is 49.6 Å². The van der Waals surface area contributed by atoms with E-state index in [-0.39, 0.29) is 11.9 Å². The first-order valence-electron chi connectivity index (χ1n) is 14.7. The Morgan fingerprint density at radius 1 is 1.12 bits per heavy atom. The predicted molar refractivity (Wildman–Crippen MR) is 157 cm³/mol. The third-order valence-corrected chi connectivity index (χ3v) is 8.60. The Morgan fingerprint density at radius 2 is 1.83 bits per heavy atom. The van der Waals surface area contributed by atoms with E-state index in [1.54, 1.807) is 24.3 Å². The molecule has 1 saturated carbocycles. The monoisotopic (exact) mass is 569 g/mol. The number of aliphatic hydroxyl groups excluding tert-OH is 1. The third-order valence-electron chi connectivity index (χ3n) is 8.60. The molecule has 1 aliphatic carbocycles. The highest BCUT2D eigenvalue weighted by molar-refractivity contribution is 5.78. The number of ether oxygens (including phenoxy) is 1. The number of hydrogen-bond donors (Lipinski definition) is 2. The Kier molecular flexibility index (Phi) is 9.34. The number of halogens is 2. The molecule has 2 N–H and O–H groups in total. The summed E-state index contributed by atoms with van der Waals surface area (Å²) < 4.78 is 35.2. The molecule has 2 aromatic heterocycles. The molecular formula is C30H41F2N7O2. The number of aliphatic hydroxyl groups is 1. The number of hydrogen-bond acceptors (Lipinski definition) is 8. The van der Waals surface area contributed by atoms with Crippen LogP contribution in [0.15, 0.2) is 42.2 Å². The number of rotatable bonds is 10. The number of likely N-dealkylation sites (N-methyl/N-ethyl adjacent to an activating group) is 1. The minimum atomic E-state index is -2.75. The summed E-state index contributed by atoms with van der Waals surface area (Å²) in [5, 5.41) is 12.9. The highest BCUT2D eigenvalue weighted by atomic mass is 19.3. The van der Waals surface area contributed by atoms with Crippen molar-refractivity contribution in [3.63, 3.8) is 0 Å². The molecule has 1 unspecified atom stereocenters. The largest absolute Gasteiger partial charge is 0.516 e. The van der Waals surface area contributed by atoms with Crippen LogP contribution in [0.2, 0.25) is 0 Å². The zero-order valence-corrected chi connectivity index (χ0v) is 24.1. The molecule has 222 valence electrons. The fourth-order valence-electron chi connectivity index (χ4n) is 6.14. The van der Waals surface area contributed by atoms with E-state index in [1.165, 1.54) is 10.8 Å². The van der Waals surface area contributed by atoms with Crippen molar-refractivity contribution in [1.82, 2.24) is 24.4 Å². The van der Waals surface area contributed by atoms with Crippen LogP contribution in [0.4, 0.5) is 20.5 Å². The number of para-hydroxylation sites is 2. The van der Waals surface area contributed by atoms with Gasteiger partial charge in [-0.2, -0.15) is 9.97 Å². The minimum Gasteiger partial charge on any atom is -0.516 e. The Balaban J connectivity index is 1.36. The average molecular weight is 570 g/mol. The van der Waals surface area contributed by atoms with Gasteiger partial charge in [-0.25, -0.2) is 13.8 Å². The van der Waals surface area contributed by atoms with Gasteiger partial charge in [0, 0.05) is 37.8 Å². The first-order valence-corrected chi connectivity index (χ1v) is 14.7.